The molecule has 0 saturated carbocycles. The Bertz CT molecular complexity index is 966. The molecule has 1 heterocycles. The fourth-order valence-electron chi connectivity index (χ4n) is 3.06. The molecule has 3 nitrogen and oxygen atoms in total. The number of aromatic amines is 1. The molecule has 2 N–H and O–H groups in total. The Morgan fingerprint density at radius 3 is 2.77 bits per heavy atom. The Balaban J connectivity index is 2.03. The summed E-state index contributed by atoms with van der Waals surface area (Å²) in [6, 6.07) is 6.93. The lowest BCUT2D eigenvalue weighted by Gasteiger charge is -2.16. The van der Waals surface area contributed by atoms with Crippen LogP contribution in [-0.4, -0.2) is 22.9 Å². The molecule has 7 heteroatoms. The average Bonchev–Trinajstić information content (AvgIpc) is 2.61. The van der Waals surface area contributed by atoms with E-state index in [0.717, 1.165) is 24.4 Å². The lowest BCUT2D eigenvalue weighted by molar-refractivity contribution is -0.137. The Morgan fingerprint density at radius 2 is 2.04 bits per heavy atom. The van der Waals surface area contributed by atoms with Crippen LogP contribution in [0.2, 0.25) is 0 Å². The van der Waals surface area contributed by atoms with Crippen molar-refractivity contribution < 1.29 is 13.2 Å². The minimum absolute atomic E-state index is 0.0223. The van der Waals surface area contributed by atoms with Crippen molar-refractivity contribution in [3.05, 3.63) is 56.7 Å². The minimum Gasteiger partial charge on any atom is -0.321 e. The highest BCUT2D eigenvalue weighted by molar-refractivity contribution is 9.09. The highest BCUT2D eigenvalue weighted by Gasteiger charge is 2.33. The predicted octanol–water partition coefficient (Wildman–Crippen LogP) is 2.77. The van der Waals surface area contributed by atoms with Crippen LogP contribution < -0.4 is 21.3 Å². The summed E-state index contributed by atoms with van der Waals surface area (Å²) in [6.45, 7) is 0.824. The molecule has 2 aromatic rings. The van der Waals surface area contributed by atoms with E-state index in [2.05, 4.69) is 26.2 Å². The van der Waals surface area contributed by atoms with Crippen molar-refractivity contribution >= 4 is 28.1 Å². The van der Waals surface area contributed by atoms with Gasteiger partial charge in [-0.2, -0.15) is 13.2 Å². The first-order chi connectivity index (χ1) is 12.4. The van der Waals surface area contributed by atoms with Crippen molar-refractivity contribution in [1.82, 2.24) is 10.3 Å². The minimum atomic E-state index is -4.48. The number of halogens is 4. The maximum absolute atomic E-state index is 13.3. The third-order valence-corrected chi connectivity index (χ3v) is 4.86. The SMILES string of the molecule is O=c1[nH]c(-c2ccccc2C(F)(F)F)cc2c1=CC(NCCCBr)CC=2. The van der Waals surface area contributed by atoms with E-state index in [1.54, 1.807) is 6.07 Å². The van der Waals surface area contributed by atoms with E-state index in [4.69, 9.17) is 0 Å². The highest BCUT2D eigenvalue weighted by atomic mass is 79.9. The molecule has 1 aromatic carbocycles. The Morgan fingerprint density at radius 1 is 1.27 bits per heavy atom. The van der Waals surface area contributed by atoms with Crippen LogP contribution in [0.3, 0.4) is 0 Å². The standard InChI is InChI=1S/C19H18BrF3N2O/c20-8-3-9-24-13-7-6-12-10-17(25-18(26)15(12)11-13)14-4-1-2-5-16(14)19(21,22)23/h1-2,4-6,10-11,13,24H,3,7-9H2,(H,25,26). The molecule has 1 aliphatic rings. The molecule has 0 aliphatic heterocycles. The highest BCUT2D eigenvalue weighted by Crippen LogP contribution is 2.35. The summed E-state index contributed by atoms with van der Waals surface area (Å²) in [7, 11) is 0. The van der Waals surface area contributed by atoms with Crippen LogP contribution in [0.5, 0.6) is 0 Å². The first-order valence-electron chi connectivity index (χ1n) is 8.31. The molecule has 1 aromatic heterocycles. The summed E-state index contributed by atoms with van der Waals surface area (Å²) < 4.78 is 39.8. The fraction of sp³-hybridized carbons (Fsp3) is 0.316. The number of hydrogen-bond acceptors (Lipinski definition) is 2. The van der Waals surface area contributed by atoms with E-state index in [0.29, 0.717) is 16.9 Å². The van der Waals surface area contributed by atoms with Gasteiger partial charge in [0.1, 0.15) is 0 Å². The van der Waals surface area contributed by atoms with E-state index in [-0.39, 0.29) is 22.9 Å². The van der Waals surface area contributed by atoms with Crippen LogP contribution in [0.25, 0.3) is 23.4 Å². The smallest absolute Gasteiger partial charge is 0.321 e. The zero-order chi connectivity index (χ0) is 18.7. The van der Waals surface area contributed by atoms with Crippen LogP contribution in [-0.2, 0) is 6.18 Å². The van der Waals surface area contributed by atoms with Gasteiger partial charge in [-0.15, -0.1) is 0 Å². The van der Waals surface area contributed by atoms with E-state index in [1.807, 2.05) is 12.2 Å². The summed E-state index contributed by atoms with van der Waals surface area (Å²) >= 11 is 3.37. The Labute approximate surface area is 156 Å². The summed E-state index contributed by atoms with van der Waals surface area (Å²) in [4.78, 5) is 15.1. The second-order valence-corrected chi connectivity index (χ2v) is 6.93. The molecule has 0 fully saturated rings. The zero-order valence-corrected chi connectivity index (χ0v) is 15.5. The molecule has 0 spiro atoms. The van der Waals surface area contributed by atoms with Crippen LogP contribution in [0, 0.1) is 0 Å². The van der Waals surface area contributed by atoms with Crippen molar-refractivity contribution in [3.63, 3.8) is 0 Å². The van der Waals surface area contributed by atoms with Crippen LogP contribution >= 0.6 is 15.9 Å². The number of fused-ring (bicyclic) bond motifs is 1. The third kappa shape index (κ3) is 4.10. The second-order valence-electron chi connectivity index (χ2n) is 6.13. The van der Waals surface area contributed by atoms with Gasteiger partial charge in [-0.05, 0) is 36.7 Å². The summed E-state index contributed by atoms with van der Waals surface area (Å²) in [5, 5.41) is 5.41. The molecule has 1 unspecified atom stereocenters. The normalized spacial score (nSPS) is 16.5. The van der Waals surface area contributed by atoms with Gasteiger partial charge in [0.15, 0.2) is 0 Å². The number of pyridine rings is 1. The lowest BCUT2D eigenvalue weighted by Crippen LogP contribution is -2.46. The number of hydrogen-bond donors (Lipinski definition) is 2. The van der Waals surface area contributed by atoms with Gasteiger partial charge in [0, 0.05) is 27.8 Å². The molecule has 0 saturated heterocycles. The van der Waals surface area contributed by atoms with Crippen LogP contribution in [0.4, 0.5) is 13.2 Å². The first-order valence-corrected chi connectivity index (χ1v) is 9.43. The van der Waals surface area contributed by atoms with Gasteiger partial charge in [0.25, 0.3) is 5.56 Å². The largest absolute Gasteiger partial charge is 0.417 e. The molecule has 138 valence electrons. The zero-order valence-electron chi connectivity index (χ0n) is 13.9. The van der Waals surface area contributed by atoms with Gasteiger partial charge < -0.3 is 10.3 Å². The van der Waals surface area contributed by atoms with Crippen LogP contribution in [0.15, 0.2) is 35.1 Å². The van der Waals surface area contributed by atoms with Crippen molar-refractivity contribution in [2.24, 2.45) is 0 Å². The fourth-order valence-corrected chi connectivity index (χ4v) is 3.34. The van der Waals surface area contributed by atoms with Crippen LogP contribution in [0.1, 0.15) is 18.4 Å². The summed E-state index contributed by atoms with van der Waals surface area (Å²) in [5.74, 6) is 0. The van der Waals surface area contributed by atoms with Crippen molar-refractivity contribution in [2.45, 2.75) is 25.1 Å². The molecule has 0 radical (unpaired) electrons. The van der Waals surface area contributed by atoms with Crippen molar-refractivity contribution in [2.75, 3.05) is 11.9 Å². The van der Waals surface area contributed by atoms with Crippen molar-refractivity contribution in [3.8, 4) is 11.3 Å². The lowest BCUT2D eigenvalue weighted by atomic mass is 10.00. The van der Waals surface area contributed by atoms with E-state index < -0.39 is 11.7 Å². The first kappa shape index (κ1) is 18.9. The number of rotatable bonds is 5. The molecule has 0 amide bonds. The summed E-state index contributed by atoms with van der Waals surface area (Å²) in [5.41, 5.74) is -0.981. The molecule has 3 rings (SSSR count). The number of nitrogens with one attached hydrogen (secondary N) is 2. The quantitative estimate of drug-likeness (QED) is 0.570. The number of H-pyrrole nitrogens is 1. The summed E-state index contributed by atoms with van der Waals surface area (Å²) in [6.07, 6.45) is 0.932. The van der Waals surface area contributed by atoms with Crippen molar-refractivity contribution in [1.29, 1.82) is 0 Å². The van der Waals surface area contributed by atoms with E-state index in [9.17, 15) is 18.0 Å². The topological polar surface area (TPSA) is 44.9 Å². The molecule has 0 bridgehead atoms. The molecule has 26 heavy (non-hydrogen) atoms. The van der Waals surface area contributed by atoms with Gasteiger partial charge >= 0.3 is 6.18 Å². The molecule has 1 aliphatic carbocycles. The van der Waals surface area contributed by atoms with Gasteiger partial charge in [0.2, 0.25) is 0 Å². The molecule has 1 atom stereocenters. The Kier molecular flexibility index (Phi) is 5.67. The van der Waals surface area contributed by atoms with E-state index >= 15 is 0 Å². The average molecular weight is 427 g/mol. The monoisotopic (exact) mass is 426 g/mol. The predicted molar refractivity (Wildman–Crippen MR) is 100 cm³/mol. The van der Waals surface area contributed by atoms with Gasteiger partial charge in [-0.3, -0.25) is 4.79 Å². The molecular weight excluding hydrogens is 409 g/mol. The van der Waals surface area contributed by atoms with E-state index in [1.165, 1.54) is 18.2 Å². The van der Waals surface area contributed by atoms with Gasteiger partial charge in [-0.1, -0.05) is 46.3 Å². The maximum atomic E-state index is 13.3. The van der Waals surface area contributed by atoms with Gasteiger partial charge in [0.05, 0.1) is 5.56 Å². The number of aromatic nitrogens is 1. The second kappa shape index (κ2) is 7.80. The molecular formula is C19H18BrF3N2O. The number of benzene rings is 1. The third-order valence-electron chi connectivity index (χ3n) is 4.30. The van der Waals surface area contributed by atoms with Gasteiger partial charge in [-0.25, -0.2) is 0 Å². The Hall–Kier alpha value is -1.86. The maximum Gasteiger partial charge on any atom is 0.417 e. The number of alkyl halides is 4.